The van der Waals surface area contributed by atoms with Crippen LogP contribution >= 0.6 is 27.5 Å². The van der Waals surface area contributed by atoms with Crippen molar-refractivity contribution in [2.75, 3.05) is 13.1 Å². The molecule has 2 N–H and O–H groups in total. The van der Waals surface area contributed by atoms with Crippen molar-refractivity contribution in [2.45, 2.75) is 36.6 Å². The standard InChI is InChI=1S/C13H18BrClN2O2S/c14-10-4-5-13(12(15)9-10)20(18,19)17-8-2-1-3-11(17)6-7-16/h4-5,9,11H,1-3,6-8,16H2. The predicted octanol–water partition coefficient (Wildman–Crippen LogP) is 2.99. The molecule has 1 fully saturated rings. The summed E-state index contributed by atoms with van der Waals surface area (Å²) in [6, 6.07) is 4.84. The number of hydrogen-bond donors (Lipinski definition) is 1. The molecule has 0 bridgehead atoms. The molecular weight excluding hydrogens is 364 g/mol. The summed E-state index contributed by atoms with van der Waals surface area (Å²) in [6.45, 7) is 1.03. The molecule has 1 saturated heterocycles. The van der Waals surface area contributed by atoms with Crippen LogP contribution in [0.5, 0.6) is 0 Å². The van der Waals surface area contributed by atoms with Crippen molar-refractivity contribution in [2.24, 2.45) is 5.73 Å². The van der Waals surface area contributed by atoms with Crippen LogP contribution in [0.25, 0.3) is 0 Å². The number of halogens is 2. The highest BCUT2D eigenvalue weighted by molar-refractivity contribution is 9.10. The molecule has 0 saturated carbocycles. The van der Waals surface area contributed by atoms with Crippen molar-refractivity contribution in [3.8, 4) is 0 Å². The lowest BCUT2D eigenvalue weighted by atomic mass is 10.0. The fourth-order valence-corrected chi connectivity index (χ4v) is 5.32. The Morgan fingerprint density at radius 3 is 2.80 bits per heavy atom. The summed E-state index contributed by atoms with van der Waals surface area (Å²) in [5.74, 6) is 0. The van der Waals surface area contributed by atoms with Crippen LogP contribution in [0.3, 0.4) is 0 Å². The topological polar surface area (TPSA) is 63.4 Å². The fraction of sp³-hybridized carbons (Fsp3) is 0.538. The van der Waals surface area contributed by atoms with Crippen molar-refractivity contribution >= 4 is 37.6 Å². The minimum atomic E-state index is -3.56. The summed E-state index contributed by atoms with van der Waals surface area (Å²) in [4.78, 5) is 0.172. The second-order valence-electron chi connectivity index (χ2n) is 4.92. The molecule has 112 valence electrons. The van der Waals surface area contributed by atoms with Gasteiger partial charge < -0.3 is 5.73 Å². The number of piperidine rings is 1. The number of hydrogen-bond acceptors (Lipinski definition) is 3. The number of nitrogens with two attached hydrogens (primary N) is 1. The first kappa shape index (κ1) is 16.2. The summed E-state index contributed by atoms with van der Waals surface area (Å²) in [7, 11) is -3.56. The van der Waals surface area contributed by atoms with Gasteiger partial charge in [-0.2, -0.15) is 4.31 Å². The first-order valence-corrected chi connectivity index (χ1v) is 9.25. The first-order valence-electron chi connectivity index (χ1n) is 6.64. The molecule has 1 aliphatic rings. The van der Waals surface area contributed by atoms with E-state index in [2.05, 4.69) is 15.9 Å². The Morgan fingerprint density at radius 2 is 2.15 bits per heavy atom. The van der Waals surface area contributed by atoms with E-state index < -0.39 is 10.0 Å². The summed E-state index contributed by atoms with van der Waals surface area (Å²) in [6.07, 6.45) is 3.48. The number of rotatable bonds is 4. The van der Waals surface area contributed by atoms with Gasteiger partial charge in [-0.1, -0.05) is 34.0 Å². The normalized spacial score (nSPS) is 21.1. The van der Waals surface area contributed by atoms with Gasteiger partial charge >= 0.3 is 0 Å². The van der Waals surface area contributed by atoms with Crippen molar-refractivity contribution in [1.29, 1.82) is 0 Å². The maximum atomic E-state index is 12.8. The second kappa shape index (κ2) is 6.75. The average Bonchev–Trinajstić information content (AvgIpc) is 2.39. The van der Waals surface area contributed by atoms with Gasteiger partial charge in [0.05, 0.1) is 5.02 Å². The van der Waals surface area contributed by atoms with E-state index in [9.17, 15) is 8.42 Å². The molecule has 20 heavy (non-hydrogen) atoms. The van der Waals surface area contributed by atoms with E-state index in [1.54, 1.807) is 22.5 Å². The van der Waals surface area contributed by atoms with Gasteiger partial charge in [0.15, 0.2) is 0 Å². The SMILES string of the molecule is NCCC1CCCCN1S(=O)(=O)c1ccc(Br)cc1Cl. The molecule has 0 aliphatic carbocycles. The monoisotopic (exact) mass is 380 g/mol. The van der Waals surface area contributed by atoms with E-state index in [0.29, 0.717) is 19.5 Å². The van der Waals surface area contributed by atoms with Crippen LogP contribution in [0.1, 0.15) is 25.7 Å². The molecule has 1 heterocycles. The Kier molecular flexibility index (Phi) is 5.48. The zero-order valence-electron chi connectivity index (χ0n) is 11.1. The molecule has 0 radical (unpaired) electrons. The molecule has 2 rings (SSSR count). The highest BCUT2D eigenvalue weighted by Crippen LogP contribution is 2.31. The van der Waals surface area contributed by atoms with Crippen LogP contribution < -0.4 is 5.73 Å². The van der Waals surface area contributed by atoms with E-state index in [1.165, 1.54) is 0 Å². The van der Waals surface area contributed by atoms with E-state index in [4.69, 9.17) is 17.3 Å². The Labute approximate surface area is 133 Å². The van der Waals surface area contributed by atoms with Crippen molar-refractivity contribution in [1.82, 2.24) is 4.31 Å². The van der Waals surface area contributed by atoms with Crippen molar-refractivity contribution in [3.63, 3.8) is 0 Å². The summed E-state index contributed by atoms with van der Waals surface area (Å²) >= 11 is 9.38. The van der Waals surface area contributed by atoms with Crippen LogP contribution in [0.15, 0.2) is 27.6 Å². The largest absolute Gasteiger partial charge is 0.330 e. The van der Waals surface area contributed by atoms with Gasteiger partial charge in [-0.25, -0.2) is 8.42 Å². The molecule has 1 aliphatic heterocycles. The fourth-order valence-electron chi connectivity index (χ4n) is 2.58. The van der Waals surface area contributed by atoms with Gasteiger partial charge in [-0.3, -0.25) is 0 Å². The maximum absolute atomic E-state index is 12.8. The minimum Gasteiger partial charge on any atom is -0.330 e. The van der Waals surface area contributed by atoms with E-state index in [-0.39, 0.29) is 16.0 Å². The number of sulfonamides is 1. The molecule has 1 aromatic rings. The molecule has 4 nitrogen and oxygen atoms in total. The second-order valence-corrected chi connectivity index (χ2v) is 8.10. The molecule has 1 unspecified atom stereocenters. The molecule has 0 amide bonds. The maximum Gasteiger partial charge on any atom is 0.244 e. The number of nitrogens with zero attached hydrogens (tertiary/aromatic N) is 1. The number of benzene rings is 1. The van der Waals surface area contributed by atoms with Gasteiger partial charge in [0.2, 0.25) is 10.0 Å². The third kappa shape index (κ3) is 3.36. The highest BCUT2D eigenvalue weighted by atomic mass is 79.9. The highest BCUT2D eigenvalue weighted by Gasteiger charge is 2.34. The minimum absolute atomic E-state index is 0.0153. The van der Waals surface area contributed by atoms with Crippen molar-refractivity contribution < 1.29 is 8.42 Å². The van der Waals surface area contributed by atoms with Gasteiger partial charge in [-0.15, -0.1) is 0 Å². The van der Waals surface area contributed by atoms with Crippen LogP contribution in [0.4, 0.5) is 0 Å². The third-order valence-electron chi connectivity index (χ3n) is 3.55. The summed E-state index contributed by atoms with van der Waals surface area (Å²) in [5.41, 5.74) is 5.60. The Morgan fingerprint density at radius 1 is 1.40 bits per heavy atom. The summed E-state index contributed by atoms with van der Waals surface area (Å²) < 4.78 is 27.9. The average molecular weight is 382 g/mol. The molecule has 0 aromatic heterocycles. The van der Waals surface area contributed by atoms with Crippen LogP contribution in [0.2, 0.25) is 5.02 Å². The molecule has 1 aromatic carbocycles. The third-order valence-corrected chi connectivity index (χ3v) is 6.48. The van der Waals surface area contributed by atoms with Crippen LogP contribution in [0, 0.1) is 0 Å². The lowest BCUT2D eigenvalue weighted by Gasteiger charge is -2.34. The van der Waals surface area contributed by atoms with Crippen molar-refractivity contribution in [3.05, 3.63) is 27.7 Å². The Balaban J connectivity index is 2.37. The van der Waals surface area contributed by atoms with Gasteiger partial charge in [0, 0.05) is 17.1 Å². The lowest BCUT2D eigenvalue weighted by molar-refractivity contribution is 0.243. The Bertz CT molecular complexity index is 578. The lowest BCUT2D eigenvalue weighted by Crippen LogP contribution is -2.44. The van der Waals surface area contributed by atoms with Crippen LogP contribution in [-0.2, 0) is 10.0 Å². The van der Waals surface area contributed by atoms with Gasteiger partial charge in [0.1, 0.15) is 4.90 Å². The van der Waals surface area contributed by atoms with E-state index in [1.807, 2.05) is 0 Å². The molecule has 1 atom stereocenters. The van der Waals surface area contributed by atoms with Gasteiger partial charge in [0.25, 0.3) is 0 Å². The van der Waals surface area contributed by atoms with E-state index in [0.717, 1.165) is 23.7 Å². The predicted molar refractivity (Wildman–Crippen MR) is 84.4 cm³/mol. The van der Waals surface area contributed by atoms with Crippen LogP contribution in [-0.4, -0.2) is 31.9 Å². The molecule has 7 heteroatoms. The quantitative estimate of drug-likeness (QED) is 0.872. The van der Waals surface area contributed by atoms with E-state index >= 15 is 0 Å². The van der Waals surface area contributed by atoms with Gasteiger partial charge in [-0.05, 0) is 44.0 Å². The Hall–Kier alpha value is -0.140. The smallest absolute Gasteiger partial charge is 0.244 e. The molecular formula is C13H18BrClN2O2S. The first-order chi connectivity index (χ1) is 9.46. The summed E-state index contributed by atoms with van der Waals surface area (Å²) in [5, 5.41) is 0.247. The molecule has 0 spiro atoms. The zero-order valence-corrected chi connectivity index (χ0v) is 14.2. The zero-order chi connectivity index (χ0) is 14.8.